The van der Waals surface area contributed by atoms with Gasteiger partial charge in [-0.25, -0.2) is 4.98 Å². The van der Waals surface area contributed by atoms with E-state index in [0.717, 1.165) is 31.9 Å². The van der Waals surface area contributed by atoms with Crippen molar-refractivity contribution in [3.8, 4) is 0 Å². The Morgan fingerprint density at radius 2 is 1.75 bits per heavy atom. The summed E-state index contributed by atoms with van der Waals surface area (Å²) in [6.07, 6.45) is 1.25. The number of anilines is 2. The summed E-state index contributed by atoms with van der Waals surface area (Å²) in [6.45, 7) is 4.04. The van der Waals surface area contributed by atoms with Gasteiger partial charge in [0.15, 0.2) is 0 Å². The molecule has 7 nitrogen and oxygen atoms in total. The van der Waals surface area contributed by atoms with Gasteiger partial charge in [0.2, 0.25) is 5.91 Å². The number of para-hydroxylation sites is 2. The first-order chi connectivity index (χ1) is 13.6. The predicted molar refractivity (Wildman–Crippen MR) is 111 cm³/mol. The van der Waals surface area contributed by atoms with Crippen LogP contribution in [-0.2, 0) is 11.3 Å². The number of carbonyl (C=O) groups excluding carboxylic acids is 1. The Balaban J connectivity index is 1.45. The van der Waals surface area contributed by atoms with E-state index in [1.165, 1.54) is 10.8 Å². The Labute approximate surface area is 163 Å². The molecule has 2 heterocycles. The van der Waals surface area contributed by atoms with E-state index in [0.29, 0.717) is 16.7 Å². The zero-order valence-electron chi connectivity index (χ0n) is 15.8. The molecule has 0 unspecified atom stereocenters. The van der Waals surface area contributed by atoms with Gasteiger partial charge in [0, 0.05) is 37.6 Å². The molecular formula is C21H23N5O2. The highest BCUT2D eigenvalue weighted by Crippen LogP contribution is 2.19. The Bertz CT molecular complexity index is 1040. The highest BCUT2D eigenvalue weighted by Gasteiger charge is 2.14. The average Bonchev–Trinajstić information content (AvgIpc) is 2.71. The largest absolute Gasteiger partial charge is 0.369 e. The minimum atomic E-state index is -0.292. The molecule has 7 heteroatoms. The van der Waals surface area contributed by atoms with Crippen molar-refractivity contribution in [3.63, 3.8) is 0 Å². The van der Waals surface area contributed by atoms with Crippen LogP contribution in [0.4, 0.5) is 11.4 Å². The molecule has 2 aromatic carbocycles. The number of piperazine rings is 1. The third-order valence-corrected chi connectivity index (χ3v) is 5.07. The van der Waals surface area contributed by atoms with Gasteiger partial charge in [-0.1, -0.05) is 12.1 Å². The van der Waals surface area contributed by atoms with Crippen LogP contribution in [0.25, 0.3) is 11.0 Å². The number of nitrogens with one attached hydrogen (secondary N) is 1. The lowest BCUT2D eigenvalue weighted by atomic mass is 10.2. The van der Waals surface area contributed by atoms with Gasteiger partial charge in [0.1, 0.15) is 6.54 Å². The summed E-state index contributed by atoms with van der Waals surface area (Å²) in [7, 11) is 2.13. The second-order valence-corrected chi connectivity index (χ2v) is 7.06. The normalized spacial score (nSPS) is 15.0. The molecule has 0 aliphatic carbocycles. The number of nitrogens with zero attached hydrogens (tertiary/aromatic N) is 4. The molecule has 1 aromatic heterocycles. The second-order valence-electron chi connectivity index (χ2n) is 7.06. The van der Waals surface area contributed by atoms with E-state index in [-0.39, 0.29) is 18.0 Å². The minimum absolute atomic E-state index is 0.0535. The standard InChI is InChI=1S/C21H23N5O2/c1-24-10-12-25(13-11-24)17-8-6-16(7-9-17)23-20(27)15-26-19-5-3-2-4-18(19)22-14-21(26)28/h2-9,14H,10-13,15H2,1H3,(H,23,27). The lowest BCUT2D eigenvalue weighted by Crippen LogP contribution is -2.44. The fourth-order valence-corrected chi connectivity index (χ4v) is 3.44. The Kier molecular flexibility index (Phi) is 5.08. The molecule has 1 amide bonds. The van der Waals surface area contributed by atoms with Crippen LogP contribution < -0.4 is 15.8 Å². The number of benzene rings is 2. The maximum atomic E-state index is 12.5. The molecule has 4 rings (SSSR count). The molecule has 0 radical (unpaired) electrons. The van der Waals surface area contributed by atoms with Crippen LogP contribution in [0, 0.1) is 0 Å². The molecular weight excluding hydrogens is 354 g/mol. The highest BCUT2D eigenvalue weighted by atomic mass is 16.2. The van der Waals surface area contributed by atoms with Crippen LogP contribution >= 0.6 is 0 Å². The molecule has 1 aliphatic rings. The average molecular weight is 377 g/mol. The maximum Gasteiger partial charge on any atom is 0.269 e. The van der Waals surface area contributed by atoms with Gasteiger partial charge in [-0.3, -0.25) is 14.2 Å². The summed E-state index contributed by atoms with van der Waals surface area (Å²) >= 11 is 0. The molecule has 1 fully saturated rings. The van der Waals surface area contributed by atoms with Crippen molar-refractivity contribution in [2.45, 2.75) is 6.54 Å². The summed E-state index contributed by atoms with van der Waals surface area (Å²) in [5.74, 6) is -0.245. The third kappa shape index (κ3) is 3.89. The number of rotatable bonds is 4. The number of carbonyl (C=O) groups is 1. The van der Waals surface area contributed by atoms with E-state index in [9.17, 15) is 9.59 Å². The summed E-state index contributed by atoms with van der Waals surface area (Å²) in [5.41, 5.74) is 2.91. The van der Waals surface area contributed by atoms with E-state index in [1.54, 1.807) is 6.07 Å². The van der Waals surface area contributed by atoms with Gasteiger partial charge in [0.25, 0.3) is 5.56 Å². The zero-order chi connectivity index (χ0) is 19.5. The minimum Gasteiger partial charge on any atom is -0.369 e. The predicted octanol–water partition coefficient (Wildman–Crippen LogP) is 1.79. The van der Waals surface area contributed by atoms with Crippen LogP contribution in [-0.4, -0.2) is 53.6 Å². The van der Waals surface area contributed by atoms with Crippen LogP contribution in [0.2, 0.25) is 0 Å². The van der Waals surface area contributed by atoms with Crippen molar-refractivity contribution in [1.29, 1.82) is 0 Å². The van der Waals surface area contributed by atoms with Crippen molar-refractivity contribution in [3.05, 3.63) is 65.1 Å². The molecule has 0 bridgehead atoms. The zero-order valence-corrected chi connectivity index (χ0v) is 15.8. The molecule has 28 heavy (non-hydrogen) atoms. The number of aromatic nitrogens is 2. The monoisotopic (exact) mass is 377 g/mol. The van der Waals surface area contributed by atoms with Gasteiger partial charge >= 0.3 is 0 Å². The lowest BCUT2D eigenvalue weighted by Gasteiger charge is -2.34. The van der Waals surface area contributed by atoms with E-state index >= 15 is 0 Å². The quantitative estimate of drug-likeness (QED) is 0.751. The highest BCUT2D eigenvalue weighted by molar-refractivity contribution is 5.91. The van der Waals surface area contributed by atoms with Crippen molar-refractivity contribution in [1.82, 2.24) is 14.5 Å². The summed E-state index contributed by atoms with van der Waals surface area (Å²) < 4.78 is 1.44. The van der Waals surface area contributed by atoms with Crippen LogP contribution in [0.1, 0.15) is 0 Å². The Hall–Kier alpha value is -3.19. The number of hydrogen-bond acceptors (Lipinski definition) is 5. The summed E-state index contributed by atoms with van der Waals surface area (Å²) in [5, 5.41) is 2.87. The third-order valence-electron chi connectivity index (χ3n) is 5.07. The fraction of sp³-hybridized carbons (Fsp3) is 0.286. The van der Waals surface area contributed by atoms with Crippen molar-refractivity contribution in [2.24, 2.45) is 0 Å². The lowest BCUT2D eigenvalue weighted by molar-refractivity contribution is -0.116. The van der Waals surface area contributed by atoms with Gasteiger partial charge < -0.3 is 15.1 Å². The molecule has 0 saturated carbocycles. The maximum absolute atomic E-state index is 12.5. The first-order valence-electron chi connectivity index (χ1n) is 9.38. The molecule has 0 atom stereocenters. The topological polar surface area (TPSA) is 70.5 Å². The van der Waals surface area contributed by atoms with E-state index in [2.05, 4.69) is 27.1 Å². The molecule has 1 N–H and O–H groups in total. The van der Waals surface area contributed by atoms with Crippen LogP contribution in [0.3, 0.4) is 0 Å². The summed E-state index contributed by atoms with van der Waals surface area (Å²) in [6, 6.07) is 15.1. The smallest absolute Gasteiger partial charge is 0.269 e. The van der Waals surface area contributed by atoms with Crippen molar-refractivity contribution < 1.29 is 4.79 Å². The van der Waals surface area contributed by atoms with Crippen LogP contribution in [0.15, 0.2) is 59.5 Å². The molecule has 3 aromatic rings. The van der Waals surface area contributed by atoms with E-state index < -0.39 is 0 Å². The van der Waals surface area contributed by atoms with Gasteiger partial charge in [0.05, 0.1) is 17.2 Å². The second kappa shape index (κ2) is 7.82. The van der Waals surface area contributed by atoms with E-state index in [4.69, 9.17) is 0 Å². The summed E-state index contributed by atoms with van der Waals surface area (Å²) in [4.78, 5) is 33.4. The molecule has 1 saturated heterocycles. The van der Waals surface area contributed by atoms with Crippen molar-refractivity contribution in [2.75, 3.05) is 43.4 Å². The van der Waals surface area contributed by atoms with Gasteiger partial charge in [-0.2, -0.15) is 0 Å². The SMILES string of the molecule is CN1CCN(c2ccc(NC(=O)Cn3c(=O)cnc4ccccc43)cc2)CC1. The number of amides is 1. The van der Waals surface area contributed by atoms with Gasteiger partial charge in [-0.05, 0) is 43.4 Å². The number of hydrogen-bond donors (Lipinski definition) is 1. The first-order valence-corrected chi connectivity index (χ1v) is 9.38. The van der Waals surface area contributed by atoms with E-state index in [1.807, 2.05) is 42.5 Å². The number of fused-ring (bicyclic) bond motifs is 1. The molecule has 0 spiro atoms. The number of likely N-dealkylation sites (N-methyl/N-ethyl adjacent to an activating group) is 1. The molecule has 1 aliphatic heterocycles. The fourth-order valence-electron chi connectivity index (χ4n) is 3.44. The Morgan fingerprint density at radius 3 is 2.50 bits per heavy atom. The first kappa shape index (κ1) is 18.2. The Morgan fingerprint density at radius 1 is 1.04 bits per heavy atom. The van der Waals surface area contributed by atoms with Crippen LogP contribution in [0.5, 0.6) is 0 Å². The van der Waals surface area contributed by atoms with Gasteiger partial charge in [-0.15, -0.1) is 0 Å². The van der Waals surface area contributed by atoms with Crippen molar-refractivity contribution >= 4 is 28.3 Å². The molecule has 144 valence electrons.